The highest BCUT2D eigenvalue weighted by molar-refractivity contribution is 6.63. The second-order valence-electron chi connectivity index (χ2n) is 0.247. The third kappa shape index (κ3) is 13.3. The van der Waals surface area contributed by atoms with Crippen molar-refractivity contribution in [3.63, 3.8) is 0 Å². The van der Waals surface area contributed by atoms with Crippen LogP contribution in [0.5, 0.6) is 0 Å². The minimum absolute atomic E-state index is 0. The molecule has 27 valence electrons. The summed E-state index contributed by atoms with van der Waals surface area (Å²) in [6.45, 7) is 0. The van der Waals surface area contributed by atoms with Crippen molar-refractivity contribution in [2.75, 3.05) is 0 Å². The van der Waals surface area contributed by atoms with Crippen molar-refractivity contribution in [2.24, 2.45) is 0 Å². The van der Waals surface area contributed by atoms with Crippen molar-refractivity contribution in [1.29, 1.82) is 0 Å². The van der Waals surface area contributed by atoms with E-state index < -0.39 is 4.30 Å². The molecule has 0 saturated heterocycles. The van der Waals surface area contributed by atoms with E-state index in [1.54, 1.807) is 0 Å². The lowest BCUT2D eigenvalue weighted by molar-refractivity contribution is 1.96. The average Bonchev–Trinajstić information content (AvgIpc) is 0.811. The van der Waals surface area contributed by atoms with Gasteiger partial charge in [0, 0.05) is 1.43 Å². The molecule has 0 heterocycles. The lowest BCUT2D eigenvalue weighted by Gasteiger charge is -1.69. The van der Waals surface area contributed by atoms with Gasteiger partial charge in [0.05, 0.1) is 0 Å². The molecule has 0 aliphatic heterocycles. The van der Waals surface area contributed by atoms with Gasteiger partial charge in [-0.3, -0.25) is 0 Å². The van der Waals surface area contributed by atoms with Crippen molar-refractivity contribution >= 4 is 34.8 Å². The third-order valence-corrected chi connectivity index (χ3v) is 0. The zero-order valence-electron chi connectivity index (χ0n) is 2.71. The minimum atomic E-state index is -0.750. The van der Waals surface area contributed by atoms with Crippen molar-refractivity contribution < 1.29 is 1.43 Å². The van der Waals surface area contributed by atoms with Gasteiger partial charge in [-0.1, -0.05) is 34.8 Å². The summed E-state index contributed by atoms with van der Waals surface area (Å²) in [4.78, 5) is 0. The molecule has 0 nitrogen and oxygen atoms in total. The van der Waals surface area contributed by atoms with Gasteiger partial charge >= 0.3 is 0 Å². The summed E-state index contributed by atoms with van der Waals surface area (Å²) in [5.41, 5.74) is 0. The molecule has 0 saturated carbocycles. The van der Waals surface area contributed by atoms with Crippen LogP contribution < -0.4 is 0 Å². The Kier molecular flexibility index (Phi) is 2.59. The first-order valence-corrected chi connectivity index (χ1v) is 1.96. The molecule has 0 N–H and O–H groups in total. The Balaban J connectivity index is 0. The summed E-state index contributed by atoms with van der Waals surface area (Å²) in [5, 5.41) is 0. The van der Waals surface area contributed by atoms with Crippen LogP contribution in [0, 0.1) is 0 Å². The Bertz CT molecular complexity index is 11.6. The molecule has 3 heteroatoms. The number of alkyl halides is 3. The van der Waals surface area contributed by atoms with E-state index in [4.69, 9.17) is 34.8 Å². The first-order valence-electron chi connectivity index (χ1n) is 0.655. The fourth-order valence-electron chi connectivity index (χ4n) is 0. The van der Waals surface area contributed by atoms with Crippen molar-refractivity contribution in [2.45, 2.75) is 4.30 Å². The molecular formula is CH2Cl3. The van der Waals surface area contributed by atoms with Crippen molar-refractivity contribution in [3.05, 3.63) is 0 Å². The second kappa shape index (κ2) is 2.13. The normalized spacial score (nSPS) is 9.00. The minimum Gasteiger partial charge on any atom is -0.0874 e. The van der Waals surface area contributed by atoms with Gasteiger partial charge in [-0.2, -0.15) is 0 Å². The quantitative estimate of drug-likeness (QED) is 0.431. The van der Waals surface area contributed by atoms with Gasteiger partial charge in [-0.25, -0.2) is 0 Å². The number of halogens is 3. The molecule has 0 amide bonds. The summed E-state index contributed by atoms with van der Waals surface area (Å²) >= 11 is 14.4. The number of rotatable bonds is 0. The maximum absolute atomic E-state index is 4.81. The topological polar surface area (TPSA) is 0 Å². The van der Waals surface area contributed by atoms with Gasteiger partial charge < -0.3 is 0 Å². The monoisotopic (exact) mass is 120 g/mol. The van der Waals surface area contributed by atoms with Crippen LogP contribution in [-0.2, 0) is 0 Å². The van der Waals surface area contributed by atoms with Gasteiger partial charge in [0.15, 0.2) is 4.30 Å². The van der Waals surface area contributed by atoms with Crippen molar-refractivity contribution in [1.82, 2.24) is 0 Å². The Labute approximate surface area is 41.1 Å². The van der Waals surface area contributed by atoms with E-state index >= 15 is 0 Å². The Morgan fingerprint density at radius 2 is 1.25 bits per heavy atom. The Hall–Kier alpha value is 0.870. The first-order chi connectivity index (χ1) is 1.73. The van der Waals surface area contributed by atoms with Crippen LogP contribution >= 0.6 is 34.8 Å². The highest BCUT2D eigenvalue weighted by atomic mass is 35.6. The highest BCUT2D eigenvalue weighted by Crippen LogP contribution is 2.03. The van der Waals surface area contributed by atoms with Gasteiger partial charge in [-0.15, -0.1) is 0 Å². The summed E-state index contributed by atoms with van der Waals surface area (Å²) < 4.78 is -0.750. The van der Waals surface area contributed by atoms with E-state index in [0.717, 1.165) is 0 Å². The fraction of sp³-hybridized carbons (Fsp3) is 1.00. The van der Waals surface area contributed by atoms with Gasteiger partial charge in [0.25, 0.3) is 0 Å². The number of hydrogen-bond donors (Lipinski definition) is 0. The first kappa shape index (κ1) is 4.87. The fourth-order valence-corrected chi connectivity index (χ4v) is 0. The molecule has 4 heavy (non-hydrogen) atoms. The van der Waals surface area contributed by atoms with Crippen LogP contribution in [0.1, 0.15) is 1.43 Å². The van der Waals surface area contributed by atoms with Crippen LogP contribution in [0.2, 0.25) is 0 Å². The van der Waals surface area contributed by atoms with E-state index in [9.17, 15) is 0 Å². The average molecular weight is 121 g/mol. The maximum atomic E-state index is 4.81. The molecular weight excluding hydrogens is 118 g/mol. The molecule has 1 radical (unpaired) electrons. The summed E-state index contributed by atoms with van der Waals surface area (Å²) in [7, 11) is 0. The standard InChI is InChI=1S/CHCl3.H/c2-1(3)4;/h1H;/i;1+1. The summed E-state index contributed by atoms with van der Waals surface area (Å²) in [6, 6.07) is 0. The molecule has 0 bridgehead atoms. The lowest BCUT2D eigenvalue weighted by Crippen LogP contribution is -1.55. The zero-order chi connectivity index (χ0) is 3.58. The molecule has 0 atom stereocenters. The highest BCUT2D eigenvalue weighted by Gasteiger charge is 1.78. The van der Waals surface area contributed by atoms with E-state index in [1.165, 1.54) is 0 Å². The SMILES string of the molecule is ClC(Cl)Cl.[2H]. The molecule has 0 rings (SSSR count). The molecule has 0 aliphatic rings. The van der Waals surface area contributed by atoms with Crippen LogP contribution in [0.25, 0.3) is 0 Å². The summed E-state index contributed by atoms with van der Waals surface area (Å²) in [6.07, 6.45) is 0. The van der Waals surface area contributed by atoms with Crippen LogP contribution in [0.4, 0.5) is 0 Å². The van der Waals surface area contributed by atoms with Gasteiger partial charge in [0.2, 0.25) is 0 Å². The van der Waals surface area contributed by atoms with Gasteiger partial charge in [0.1, 0.15) is 0 Å². The smallest absolute Gasteiger partial charge is 0.0874 e. The molecule has 0 aromatic heterocycles. The third-order valence-electron chi connectivity index (χ3n) is 0. The van der Waals surface area contributed by atoms with Crippen LogP contribution in [-0.4, -0.2) is 4.30 Å². The van der Waals surface area contributed by atoms with E-state index in [1.807, 2.05) is 0 Å². The Morgan fingerprint density at radius 3 is 1.25 bits per heavy atom. The predicted molar refractivity (Wildman–Crippen MR) is 22.5 cm³/mol. The van der Waals surface area contributed by atoms with Crippen molar-refractivity contribution in [3.8, 4) is 0 Å². The van der Waals surface area contributed by atoms with E-state index in [0.29, 0.717) is 0 Å². The largest absolute Gasteiger partial charge is 0.180 e. The molecule has 0 aromatic rings. The van der Waals surface area contributed by atoms with Gasteiger partial charge in [-0.05, 0) is 0 Å². The molecule has 0 aromatic carbocycles. The number of hydrogen-bond acceptors (Lipinski definition) is 0. The molecule has 0 unspecified atom stereocenters. The lowest BCUT2D eigenvalue weighted by atomic mass is 11.9. The zero-order valence-corrected chi connectivity index (χ0v) is 3.98. The van der Waals surface area contributed by atoms with E-state index in [2.05, 4.69) is 0 Å². The molecule has 0 aliphatic carbocycles. The molecule has 0 fully saturated rings. The predicted octanol–water partition coefficient (Wildman–Crippen LogP) is 2.10. The van der Waals surface area contributed by atoms with Crippen LogP contribution in [0.3, 0.4) is 0 Å². The Morgan fingerprint density at radius 1 is 1.25 bits per heavy atom. The summed E-state index contributed by atoms with van der Waals surface area (Å²) in [5.74, 6) is 0. The second-order valence-corrected chi connectivity index (χ2v) is 2.23. The van der Waals surface area contributed by atoms with E-state index in [-0.39, 0.29) is 1.43 Å². The molecule has 0 spiro atoms. The maximum Gasteiger partial charge on any atom is 0.180 e. The van der Waals surface area contributed by atoms with Crippen LogP contribution in [0.15, 0.2) is 0 Å².